The van der Waals surface area contributed by atoms with Crippen molar-refractivity contribution in [1.29, 1.82) is 0 Å². The Morgan fingerprint density at radius 3 is 2.63 bits per heavy atom. The number of carbonyl (C=O) groups excluding carboxylic acids is 1. The molecule has 0 bridgehead atoms. The Bertz CT molecular complexity index is 1220. The van der Waals surface area contributed by atoms with Crippen molar-refractivity contribution in [3.63, 3.8) is 0 Å². The van der Waals surface area contributed by atoms with Crippen LogP contribution in [0.4, 0.5) is 5.69 Å². The molecule has 154 valence electrons. The van der Waals surface area contributed by atoms with E-state index in [1.165, 1.54) is 5.01 Å². The molecule has 1 aliphatic rings. The van der Waals surface area contributed by atoms with Crippen molar-refractivity contribution in [1.82, 2.24) is 5.01 Å². The van der Waals surface area contributed by atoms with Crippen LogP contribution < -0.4 is 4.72 Å². The van der Waals surface area contributed by atoms with E-state index in [4.69, 9.17) is 4.42 Å². The van der Waals surface area contributed by atoms with Gasteiger partial charge in [0, 0.05) is 17.7 Å². The average molecular weight is 423 g/mol. The first kappa shape index (κ1) is 19.9. The normalized spacial score (nSPS) is 16.4. The highest BCUT2D eigenvalue weighted by Gasteiger charge is 2.35. The molecule has 1 aliphatic heterocycles. The lowest BCUT2D eigenvalue weighted by molar-refractivity contribution is 0.0692. The van der Waals surface area contributed by atoms with E-state index in [-0.39, 0.29) is 11.9 Å². The fraction of sp³-hybridized carbons (Fsp3) is 0.182. The van der Waals surface area contributed by atoms with Crippen LogP contribution >= 0.6 is 0 Å². The number of furan rings is 1. The molecule has 0 unspecified atom stereocenters. The van der Waals surface area contributed by atoms with Gasteiger partial charge in [-0.3, -0.25) is 9.52 Å². The molecular weight excluding hydrogens is 402 g/mol. The number of nitrogens with one attached hydrogen (secondary N) is 1. The largest absolute Gasteiger partial charge is 0.467 e. The Morgan fingerprint density at radius 1 is 1.13 bits per heavy atom. The van der Waals surface area contributed by atoms with Crippen molar-refractivity contribution < 1.29 is 17.6 Å². The van der Waals surface area contributed by atoms with Gasteiger partial charge in [0.25, 0.3) is 5.91 Å². The zero-order valence-electron chi connectivity index (χ0n) is 16.6. The van der Waals surface area contributed by atoms with E-state index in [9.17, 15) is 13.2 Å². The number of hydrogen-bond donors (Lipinski definition) is 1. The third-order valence-electron chi connectivity index (χ3n) is 4.75. The van der Waals surface area contributed by atoms with E-state index >= 15 is 0 Å². The van der Waals surface area contributed by atoms with Gasteiger partial charge in [0.05, 0.1) is 18.2 Å². The van der Waals surface area contributed by atoms with E-state index in [1.807, 2.05) is 37.3 Å². The third-order valence-corrected chi connectivity index (χ3v) is 5.36. The van der Waals surface area contributed by atoms with E-state index in [0.29, 0.717) is 29.1 Å². The Hall–Kier alpha value is -3.39. The number of anilines is 1. The van der Waals surface area contributed by atoms with Crippen LogP contribution in [0.15, 0.2) is 76.4 Å². The summed E-state index contributed by atoms with van der Waals surface area (Å²) in [7, 11) is -3.40. The van der Waals surface area contributed by atoms with Gasteiger partial charge in [0.15, 0.2) is 0 Å². The third kappa shape index (κ3) is 4.28. The minimum atomic E-state index is -3.40. The molecule has 30 heavy (non-hydrogen) atoms. The molecule has 3 aromatic rings. The molecular formula is C22H21N3O4S. The molecule has 0 radical (unpaired) electrons. The molecule has 2 aromatic carbocycles. The first-order chi connectivity index (χ1) is 14.3. The molecule has 0 fully saturated rings. The van der Waals surface area contributed by atoms with Gasteiger partial charge >= 0.3 is 0 Å². The maximum Gasteiger partial charge on any atom is 0.274 e. The van der Waals surface area contributed by atoms with Crippen molar-refractivity contribution >= 4 is 27.3 Å². The molecule has 0 spiro atoms. The summed E-state index contributed by atoms with van der Waals surface area (Å²) in [6.07, 6.45) is 3.12. The van der Waals surface area contributed by atoms with Crippen LogP contribution in [0.25, 0.3) is 0 Å². The Kier molecular flexibility index (Phi) is 5.17. The molecule has 1 amide bonds. The predicted octanol–water partition coefficient (Wildman–Crippen LogP) is 3.95. The van der Waals surface area contributed by atoms with Gasteiger partial charge in [0.1, 0.15) is 11.8 Å². The summed E-state index contributed by atoms with van der Waals surface area (Å²) in [4.78, 5) is 13.2. The fourth-order valence-electron chi connectivity index (χ4n) is 3.46. The zero-order chi connectivity index (χ0) is 21.3. The van der Waals surface area contributed by atoms with Crippen LogP contribution in [0.2, 0.25) is 0 Å². The van der Waals surface area contributed by atoms with Crippen molar-refractivity contribution in [3.8, 4) is 0 Å². The quantitative estimate of drug-likeness (QED) is 0.673. The lowest BCUT2D eigenvalue weighted by atomic mass is 10.0. The van der Waals surface area contributed by atoms with Gasteiger partial charge < -0.3 is 4.42 Å². The van der Waals surface area contributed by atoms with Crippen molar-refractivity contribution in [2.45, 2.75) is 19.4 Å². The molecule has 0 saturated carbocycles. The van der Waals surface area contributed by atoms with Gasteiger partial charge in [-0.2, -0.15) is 5.10 Å². The Morgan fingerprint density at radius 2 is 1.93 bits per heavy atom. The number of nitrogens with zero attached hydrogens (tertiary/aromatic N) is 2. The van der Waals surface area contributed by atoms with Gasteiger partial charge in [-0.05, 0) is 48.9 Å². The number of carbonyl (C=O) groups is 1. The van der Waals surface area contributed by atoms with E-state index in [0.717, 1.165) is 17.4 Å². The molecule has 4 rings (SSSR count). The standard InChI is InChI=1S/C22H21N3O4S/c1-15-6-3-8-17(12-15)22(26)25-20(21-10-5-11-29-21)14-19(23-25)16-7-4-9-18(13-16)24-30(2,27)28/h3-13,20,24H,14H2,1-2H3/t20-/m0/s1. The number of aryl methyl sites for hydroxylation is 1. The molecule has 8 heteroatoms. The molecule has 0 aliphatic carbocycles. The Labute approximate surface area is 175 Å². The molecule has 7 nitrogen and oxygen atoms in total. The molecule has 1 aromatic heterocycles. The minimum Gasteiger partial charge on any atom is -0.467 e. The van der Waals surface area contributed by atoms with Crippen LogP contribution in [0.1, 0.15) is 39.7 Å². The minimum absolute atomic E-state index is 0.222. The van der Waals surface area contributed by atoms with E-state index in [1.54, 1.807) is 36.6 Å². The number of benzene rings is 2. The molecule has 0 saturated heterocycles. The lowest BCUT2D eigenvalue weighted by Crippen LogP contribution is -2.26. The number of amides is 1. The van der Waals surface area contributed by atoms with Gasteiger partial charge in [-0.25, -0.2) is 13.4 Å². The summed E-state index contributed by atoms with van der Waals surface area (Å²) >= 11 is 0. The smallest absolute Gasteiger partial charge is 0.274 e. The highest BCUT2D eigenvalue weighted by molar-refractivity contribution is 7.92. The predicted molar refractivity (Wildman–Crippen MR) is 115 cm³/mol. The second kappa shape index (κ2) is 7.79. The van der Waals surface area contributed by atoms with Crippen LogP contribution in [0, 0.1) is 6.92 Å². The van der Waals surface area contributed by atoms with E-state index < -0.39 is 10.0 Å². The summed E-state index contributed by atoms with van der Waals surface area (Å²) < 4.78 is 31.2. The maximum absolute atomic E-state index is 13.2. The van der Waals surface area contributed by atoms with Crippen molar-refractivity contribution in [3.05, 3.63) is 89.4 Å². The summed E-state index contributed by atoms with van der Waals surface area (Å²) in [6, 6.07) is 17.5. The summed E-state index contributed by atoms with van der Waals surface area (Å²) in [5, 5.41) is 6.05. The number of hydrogen-bond acceptors (Lipinski definition) is 5. The molecule has 1 N–H and O–H groups in total. The SMILES string of the molecule is Cc1cccc(C(=O)N2N=C(c3cccc(NS(C)(=O)=O)c3)C[C@H]2c2ccco2)c1. The van der Waals surface area contributed by atoms with Crippen LogP contribution in [0.5, 0.6) is 0 Å². The summed E-state index contributed by atoms with van der Waals surface area (Å²) in [6.45, 7) is 1.93. The van der Waals surface area contributed by atoms with Crippen LogP contribution in [0.3, 0.4) is 0 Å². The summed E-state index contributed by atoms with van der Waals surface area (Å²) in [5.74, 6) is 0.417. The number of rotatable bonds is 5. The monoisotopic (exact) mass is 423 g/mol. The summed E-state index contributed by atoms with van der Waals surface area (Å²) in [5.41, 5.74) is 3.38. The average Bonchev–Trinajstić information content (AvgIpc) is 3.36. The fourth-order valence-corrected chi connectivity index (χ4v) is 4.02. The van der Waals surface area contributed by atoms with Crippen LogP contribution in [-0.2, 0) is 10.0 Å². The van der Waals surface area contributed by atoms with Gasteiger partial charge in [0.2, 0.25) is 10.0 Å². The van der Waals surface area contributed by atoms with Gasteiger partial charge in [-0.15, -0.1) is 0 Å². The highest BCUT2D eigenvalue weighted by Crippen LogP contribution is 2.34. The number of hydrazone groups is 1. The molecule has 2 heterocycles. The second-order valence-electron chi connectivity index (χ2n) is 7.26. The lowest BCUT2D eigenvalue weighted by Gasteiger charge is -2.20. The van der Waals surface area contributed by atoms with Crippen LogP contribution in [-0.4, -0.2) is 31.3 Å². The second-order valence-corrected chi connectivity index (χ2v) is 9.00. The first-order valence-electron chi connectivity index (χ1n) is 9.39. The maximum atomic E-state index is 13.2. The van der Waals surface area contributed by atoms with E-state index in [2.05, 4.69) is 9.82 Å². The van der Waals surface area contributed by atoms with Crippen molar-refractivity contribution in [2.75, 3.05) is 11.0 Å². The number of sulfonamides is 1. The Balaban J connectivity index is 1.70. The molecule has 1 atom stereocenters. The van der Waals surface area contributed by atoms with Gasteiger partial charge in [-0.1, -0.05) is 29.8 Å². The topological polar surface area (TPSA) is 92.0 Å². The zero-order valence-corrected chi connectivity index (χ0v) is 17.4. The highest BCUT2D eigenvalue weighted by atomic mass is 32.2. The first-order valence-corrected chi connectivity index (χ1v) is 11.3. The van der Waals surface area contributed by atoms with Crippen molar-refractivity contribution in [2.24, 2.45) is 5.10 Å².